The SMILES string of the molecule is Cl.O=C1CN2CCC1CC2.O=C1CN2CCC1CC2. The van der Waals surface area contributed by atoms with Crippen molar-refractivity contribution in [2.45, 2.75) is 25.7 Å². The summed E-state index contributed by atoms with van der Waals surface area (Å²) >= 11 is 0. The number of halogens is 1. The van der Waals surface area contributed by atoms with E-state index in [9.17, 15) is 9.59 Å². The highest BCUT2D eigenvalue weighted by atomic mass is 35.5. The lowest BCUT2D eigenvalue weighted by Gasteiger charge is -2.37. The summed E-state index contributed by atoms with van der Waals surface area (Å²) in [5, 5.41) is 0. The zero-order valence-electron chi connectivity index (χ0n) is 11.3. The maximum atomic E-state index is 11.0. The Bertz CT molecular complexity index is 311. The van der Waals surface area contributed by atoms with Crippen LogP contribution in [0.15, 0.2) is 0 Å². The van der Waals surface area contributed by atoms with Crippen molar-refractivity contribution in [2.75, 3.05) is 39.3 Å². The fraction of sp³-hybridized carbons (Fsp3) is 0.857. The van der Waals surface area contributed by atoms with E-state index in [2.05, 4.69) is 9.80 Å². The minimum atomic E-state index is 0. The van der Waals surface area contributed by atoms with Crippen LogP contribution in [0.4, 0.5) is 0 Å². The topological polar surface area (TPSA) is 40.6 Å². The first-order chi connectivity index (χ1) is 8.72. The Kier molecular flexibility index (Phi) is 4.98. The number of nitrogens with zero attached hydrogens (tertiary/aromatic N) is 2. The van der Waals surface area contributed by atoms with Gasteiger partial charge in [-0.3, -0.25) is 19.4 Å². The molecule has 6 rings (SSSR count). The summed E-state index contributed by atoms with van der Waals surface area (Å²) in [6, 6.07) is 0. The predicted octanol–water partition coefficient (Wildman–Crippen LogP) is 0.984. The Morgan fingerprint density at radius 2 is 1.00 bits per heavy atom. The molecule has 108 valence electrons. The van der Waals surface area contributed by atoms with Crippen LogP contribution in [0.3, 0.4) is 0 Å². The van der Waals surface area contributed by atoms with Crippen LogP contribution in [-0.4, -0.2) is 60.6 Å². The van der Waals surface area contributed by atoms with Gasteiger partial charge in [-0.2, -0.15) is 0 Å². The highest BCUT2D eigenvalue weighted by Gasteiger charge is 2.32. The zero-order chi connectivity index (χ0) is 12.5. The van der Waals surface area contributed by atoms with Crippen LogP contribution >= 0.6 is 12.4 Å². The maximum absolute atomic E-state index is 11.0. The number of fused-ring (bicyclic) bond motifs is 6. The van der Waals surface area contributed by atoms with Gasteiger partial charge in [-0.1, -0.05) is 0 Å². The molecule has 0 aromatic carbocycles. The summed E-state index contributed by atoms with van der Waals surface area (Å²) < 4.78 is 0. The lowest BCUT2D eigenvalue weighted by molar-refractivity contribution is -0.131. The largest absolute Gasteiger partial charge is 0.298 e. The van der Waals surface area contributed by atoms with E-state index in [1.165, 1.54) is 0 Å². The third-order valence-electron chi connectivity index (χ3n) is 4.84. The van der Waals surface area contributed by atoms with Crippen LogP contribution in [0, 0.1) is 11.8 Å². The smallest absolute Gasteiger partial charge is 0.149 e. The second kappa shape index (κ2) is 6.33. The molecule has 0 atom stereocenters. The van der Waals surface area contributed by atoms with Gasteiger partial charge in [-0.15, -0.1) is 12.4 Å². The molecule has 5 heteroatoms. The monoisotopic (exact) mass is 286 g/mol. The number of hydrogen-bond donors (Lipinski definition) is 0. The maximum Gasteiger partial charge on any atom is 0.149 e. The Labute approximate surface area is 120 Å². The van der Waals surface area contributed by atoms with E-state index in [4.69, 9.17) is 0 Å². The number of carbonyl (C=O) groups is 2. The number of Topliss-reactive ketones (excluding diaryl/α,β-unsaturated/α-hetero) is 2. The van der Waals surface area contributed by atoms with Crippen LogP contribution < -0.4 is 0 Å². The molecule has 0 unspecified atom stereocenters. The number of rotatable bonds is 0. The first-order valence-electron chi connectivity index (χ1n) is 7.22. The molecule has 19 heavy (non-hydrogen) atoms. The highest BCUT2D eigenvalue weighted by molar-refractivity contribution is 5.85. The third kappa shape index (κ3) is 3.36. The zero-order valence-corrected chi connectivity index (χ0v) is 12.2. The minimum absolute atomic E-state index is 0. The van der Waals surface area contributed by atoms with Gasteiger partial charge in [0.2, 0.25) is 0 Å². The molecular weight excluding hydrogens is 264 g/mol. The van der Waals surface area contributed by atoms with E-state index in [0.717, 1.165) is 65.0 Å². The molecule has 6 aliphatic heterocycles. The standard InChI is InChI=1S/2C7H11NO.ClH/c2*9-7-5-8-3-1-6(7)2-4-8;/h2*6H,1-5H2;1H. The Morgan fingerprint density at radius 1 is 0.684 bits per heavy atom. The molecular formula is C14H23ClN2O2. The number of carbonyl (C=O) groups excluding carboxylic acids is 2. The fourth-order valence-corrected chi connectivity index (χ4v) is 3.53. The summed E-state index contributed by atoms with van der Waals surface area (Å²) in [6.07, 6.45) is 4.50. The van der Waals surface area contributed by atoms with Crippen molar-refractivity contribution in [1.82, 2.24) is 9.80 Å². The molecule has 6 fully saturated rings. The lowest BCUT2D eigenvalue weighted by atomic mass is 9.87. The molecule has 6 heterocycles. The van der Waals surface area contributed by atoms with Crippen molar-refractivity contribution in [2.24, 2.45) is 11.8 Å². The van der Waals surface area contributed by atoms with Crippen molar-refractivity contribution in [3.8, 4) is 0 Å². The summed E-state index contributed by atoms with van der Waals surface area (Å²) in [5.74, 6) is 1.84. The van der Waals surface area contributed by atoms with Gasteiger partial charge in [0.1, 0.15) is 11.6 Å². The first kappa shape index (κ1) is 14.9. The van der Waals surface area contributed by atoms with E-state index in [1.54, 1.807) is 0 Å². The van der Waals surface area contributed by atoms with Crippen molar-refractivity contribution < 1.29 is 9.59 Å². The average molecular weight is 287 g/mol. The fourth-order valence-electron chi connectivity index (χ4n) is 3.53. The Hall–Kier alpha value is -0.450. The summed E-state index contributed by atoms with van der Waals surface area (Å²) in [4.78, 5) is 26.5. The number of ketones is 2. The van der Waals surface area contributed by atoms with Crippen molar-refractivity contribution in [3.05, 3.63) is 0 Å². The normalized spacial score (nSPS) is 39.4. The number of piperidine rings is 6. The van der Waals surface area contributed by atoms with E-state index in [1.807, 2.05) is 0 Å². The van der Waals surface area contributed by atoms with E-state index < -0.39 is 0 Å². The second-order valence-corrected chi connectivity index (χ2v) is 6.03. The molecule has 0 saturated carbocycles. The van der Waals surface area contributed by atoms with Crippen LogP contribution in [0.25, 0.3) is 0 Å². The molecule has 6 aliphatic rings. The Balaban J connectivity index is 0.000000133. The van der Waals surface area contributed by atoms with Gasteiger partial charge in [-0.05, 0) is 51.9 Å². The molecule has 4 bridgehead atoms. The molecule has 0 spiro atoms. The van der Waals surface area contributed by atoms with Gasteiger partial charge < -0.3 is 0 Å². The van der Waals surface area contributed by atoms with Gasteiger partial charge in [0.25, 0.3) is 0 Å². The summed E-state index contributed by atoms with van der Waals surface area (Å²) in [5.41, 5.74) is 0. The molecule has 0 aliphatic carbocycles. The predicted molar refractivity (Wildman–Crippen MR) is 75.6 cm³/mol. The summed E-state index contributed by atoms with van der Waals surface area (Å²) in [6.45, 7) is 6.13. The van der Waals surface area contributed by atoms with Crippen molar-refractivity contribution in [1.29, 1.82) is 0 Å². The number of hydrogen-bond acceptors (Lipinski definition) is 4. The average Bonchev–Trinajstić information content (AvgIpc) is 2.41. The van der Waals surface area contributed by atoms with Gasteiger partial charge in [0, 0.05) is 11.8 Å². The molecule has 0 amide bonds. The van der Waals surface area contributed by atoms with E-state index in [0.29, 0.717) is 23.4 Å². The molecule has 4 nitrogen and oxygen atoms in total. The molecule has 0 radical (unpaired) electrons. The van der Waals surface area contributed by atoms with Crippen molar-refractivity contribution in [3.63, 3.8) is 0 Å². The molecule has 0 aromatic heterocycles. The van der Waals surface area contributed by atoms with E-state index in [-0.39, 0.29) is 12.4 Å². The second-order valence-electron chi connectivity index (χ2n) is 6.03. The van der Waals surface area contributed by atoms with Crippen molar-refractivity contribution >= 4 is 24.0 Å². The molecule has 0 N–H and O–H groups in total. The van der Waals surface area contributed by atoms with Crippen LogP contribution in [-0.2, 0) is 9.59 Å². The van der Waals surface area contributed by atoms with E-state index >= 15 is 0 Å². The third-order valence-corrected chi connectivity index (χ3v) is 4.84. The van der Waals surface area contributed by atoms with Gasteiger partial charge in [-0.25, -0.2) is 0 Å². The minimum Gasteiger partial charge on any atom is -0.298 e. The Morgan fingerprint density at radius 3 is 1.11 bits per heavy atom. The van der Waals surface area contributed by atoms with Gasteiger partial charge in [0.15, 0.2) is 0 Å². The van der Waals surface area contributed by atoms with Crippen LogP contribution in [0.5, 0.6) is 0 Å². The van der Waals surface area contributed by atoms with Crippen LogP contribution in [0.1, 0.15) is 25.7 Å². The quantitative estimate of drug-likeness (QED) is 0.666. The van der Waals surface area contributed by atoms with Gasteiger partial charge >= 0.3 is 0 Å². The molecule has 6 saturated heterocycles. The molecule has 0 aromatic rings. The van der Waals surface area contributed by atoms with Crippen LogP contribution in [0.2, 0.25) is 0 Å². The lowest BCUT2D eigenvalue weighted by Crippen LogP contribution is -2.47. The first-order valence-corrected chi connectivity index (χ1v) is 7.22. The summed E-state index contributed by atoms with van der Waals surface area (Å²) in [7, 11) is 0. The van der Waals surface area contributed by atoms with Gasteiger partial charge in [0.05, 0.1) is 13.1 Å². The highest BCUT2D eigenvalue weighted by Crippen LogP contribution is 2.24.